The number of hydrogen-bond acceptors (Lipinski definition) is 8. The van der Waals surface area contributed by atoms with Gasteiger partial charge in [0.05, 0.1) is 23.3 Å². The van der Waals surface area contributed by atoms with Crippen LogP contribution < -0.4 is 9.80 Å². The minimum atomic E-state index is 0.944. The fourth-order valence-electron chi connectivity index (χ4n) is 2.48. The van der Waals surface area contributed by atoms with E-state index < -0.39 is 0 Å². The molecule has 0 aliphatic carbocycles. The summed E-state index contributed by atoms with van der Waals surface area (Å²) in [5.41, 5.74) is 0. The van der Waals surface area contributed by atoms with Gasteiger partial charge in [0.2, 0.25) is 0 Å². The number of anilines is 2. The van der Waals surface area contributed by atoms with Crippen LogP contribution in [0.1, 0.15) is 0 Å². The summed E-state index contributed by atoms with van der Waals surface area (Å²) in [4.78, 5) is 14.4. The van der Waals surface area contributed by atoms with Crippen molar-refractivity contribution in [2.45, 2.75) is 0 Å². The van der Waals surface area contributed by atoms with Crippen LogP contribution in [0.4, 0.5) is 11.6 Å². The Bertz CT molecular complexity index is 702. The Labute approximate surface area is 124 Å². The van der Waals surface area contributed by atoms with Gasteiger partial charge in [-0.05, 0) is 11.4 Å². The van der Waals surface area contributed by atoms with Crippen molar-refractivity contribution in [1.82, 2.24) is 18.7 Å². The second kappa shape index (κ2) is 4.95. The van der Waals surface area contributed by atoms with Crippen LogP contribution in [0.2, 0.25) is 0 Å². The zero-order chi connectivity index (χ0) is 13.4. The molecule has 0 spiro atoms. The van der Waals surface area contributed by atoms with E-state index >= 15 is 0 Å². The van der Waals surface area contributed by atoms with Gasteiger partial charge in [-0.2, -0.15) is 8.75 Å². The fraction of sp³-hybridized carbons (Fsp3) is 0.333. The highest BCUT2D eigenvalue weighted by atomic mass is 32.1. The first-order chi connectivity index (χ1) is 9.92. The quantitative estimate of drug-likeness (QED) is 0.720. The van der Waals surface area contributed by atoms with Gasteiger partial charge in [-0.3, -0.25) is 0 Å². The molecule has 0 radical (unpaired) electrons. The van der Waals surface area contributed by atoms with Gasteiger partial charge in [0.15, 0.2) is 5.82 Å². The molecule has 4 heterocycles. The van der Waals surface area contributed by atoms with E-state index in [4.69, 9.17) is 0 Å². The number of hydrogen-bond donors (Lipinski definition) is 0. The normalized spacial score (nSPS) is 16.0. The molecule has 1 aliphatic heterocycles. The van der Waals surface area contributed by atoms with Crippen LogP contribution in [0.25, 0.3) is 10.2 Å². The molecule has 3 aromatic heterocycles. The lowest BCUT2D eigenvalue weighted by Gasteiger charge is -2.35. The molecule has 4 rings (SSSR count). The number of piperazine rings is 1. The van der Waals surface area contributed by atoms with Gasteiger partial charge in [0.1, 0.15) is 17.0 Å². The highest BCUT2D eigenvalue weighted by Gasteiger charge is 2.21. The molecule has 0 N–H and O–H groups in total. The van der Waals surface area contributed by atoms with E-state index in [1.54, 1.807) is 17.7 Å². The minimum absolute atomic E-state index is 0.944. The number of nitrogens with zero attached hydrogens (tertiary/aromatic N) is 6. The fourth-order valence-corrected chi connectivity index (χ4v) is 3.64. The Kier molecular flexibility index (Phi) is 2.96. The predicted octanol–water partition coefficient (Wildman–Crippen LogP) is 1.87. The molecular formula is C12H12N6S2. The Hall–Kier alpha value is -1.80. The van der Waals surface area contributed by atoms with Gasteiger partial charge in [-0.1, -0.05) is 0 Å². The van der Waals surface area contributed by atoms with Crippen molar-refractivity contribution in [1.29, 1.82) is 0 Å². The molecule has 1 fully saturated rings. The molecule has 0 atom stereocenters. The van der Waals surface area contributed by atoms with E-state index in [0.717, 1.165) is 48.0 Å². The first kappa shape index (κ1) is 12.0. The van der Waals surface area contributed by atoms with Crippen LogP contribution in [-0.4, -0.2) is 44.9 Å². The minimum Gasteiger partial charge on any atom is -0.352 e. The first-order valence-corrected chi connectivity index (χ1v) is 7.98. The third kappa shape index (κ3) is 2.01. The van der Waals surface area contributed by atoms with Gasteiger partial charge < -0.3 is 9.80 Å². The summed E-state index contributed by atoms with van der Waals surface area (Å²) in [6.45, 7) is 3.78. The van der Waals surface area contributed by atoms with E-state index in [9.17, 15) is 0 Å². The van der Waals surface area contributed by atoms with Crippen LogP contribution in [0.15, 0.2) is 24.0 Å². The van der Waals surface area contributed by atoms with Crippen molar-refractivity contribution in [3.8, 4) is 0 Å². The zero-order valence-electron chi connectivity index (χ0n) is 10.6. The summed E-state index contributed by atoms with van der Waals surface area (Å²) in [7, 11) is 0. The van der Waals surface area contributed by atoms with Crippen molar-refractivity contribution in [3.05, 3.63) is 24.0 Å². The molecule has 8 heteroatoms. The highest BCUT2D eigenvalue weighted by molar-refractivity contribution is 7.16. The second-order valence-corrected chi connectivity index (χ2v) is 6.03. The standard InChI is InChI=1S/C12H12N6S2/c1-6-19-12-9(1)11(13-8-14-12)18-4-2-17(3-5-18)10-7-15-20-16-10/h1,6-8H,2-5H2. The molecule has 0 bridgehead atoms. The predicted molar refractivity (Wildman–Crippen MR) is 81.8 cm³/mol. The third-order valence-corrected chi connectivity index (χ3v) is 4.78. The molecule has 20 heavy (non-hydrogen) atoms. The number of fused-ring (bicyclic) bond motifs is 1. The second-order valence-electron chi connectivity index (χ2n) is 4.58. The third-order valence-electron chi connectivity index (χ3n) is 3.49. The molecule has 1 saturated heterocycles. The maximum atomic E-state index is 4.47. The maximum Gasteiger partial charge on any atom is 0.162 e. The molecular weight excluding hydrogens is 292 g/mol. The van der Waals surface area contributed by atoms with Crippen molar-refractivity contribution < 1.29 is 0 Å². The van der Waals surface area contributed by atoms with Crippen LogP contribution in [0.5, 0.6) is 0 Å². The largest absolute Gasteiger partial charge is 0.352 e. The van der Waals surface area contributed by atoms with E-state index in [2.05, 4.69) is 40.0 Å². The SMILES string of the molecule is c1nc(N2CCN(c3cnsn3)CC2)c2ccsc2n1. The molecule has 6 nitrogen and oxygen atoms in total. The van der Waals surface area contributed by atoms with Crippen molar-refractivity contribution in [2.75, 3.05) is 36.0 Å². The van der Waals surface area contributed by atoms with E-state index in [-0.39, 0.29) is 0 Å². The summed E-state index contributed by atoms with van der Waals surface area (Å²) in [5, 5.41) is 3.22. The summed E-state index contributed by atoms with van der Waals surface area (Å²) in [6, 6.07) is 2.10. The summed E-state index contributed by atoms with van der Waals surface area (Å²) < 4.78 is 8.36. The average molecular weight is 304 g/mol. The van der Waals surface area contributed by atoms with Crippen LogP contribution in [0, 0.1) is 0 Å². The summed E-state index contributed by atoms with van der Waals surface area (Å²) >= 11 is 2.92. The molecule has 0 saturated carbocycles. The number of aromatic nitrogens is 4. The Morgan fingerprint density at radius 1 is 1.05 bits per heavy atom. The van der Waals surface area contributed by atoms with Crippen LogP contribution >= 0.6 is 23.1 Å². The molecule has 1 aliphatic rings. The van der Waals surface area contributed by atoms with E-state index in [1.807, 2.05) is 6.20 Å². The Morgan fingerprint density at radius 2 is 1.90 bits per heavy atom. The van der Waals surface area contributed by atoms with E-state index in [1.165, 1.54) is 11.7 Å². The van der Waals surface area contributed by atoms with Gasteiger partial charge in [-0.15, -0.1) is 11.3 Å². The van der Waals surface area contributed by atoms with Gasteiger partial charge in [0.25, 0.3) is 0 Å². The maximum absolute atomic E-state index is 4.47. The summed E-state index contributed by atoms with van der Waals surface area (Å²) in [6.07, 6.45) is 3.49. The van der Waals surface area contributed by atoms with E-state index in [0.29, 0.717) is 0 Å². The average Bonchev–Trinajstić information content (AvgIpc) is 3.18. The molecule has 3 aromatic rings. The van der Waals surface area contributed by atoms with Crippen molar-refractivity contribution >= 4 is 44.9 Å². The molecule has 102 valence electrons. The van der Waals surface area contributed by atoms with Gasteiger partial charge >= 0.3 is 0 Å². The van der Waals surface area contributed by atoms with Crippen LogP contribution in [-0.2, 0) is 0 Å². The molecule has 0 aromatic carbocycles. The number of thiophene rings is 1. The lowest BCUT2D eigenvalue weighted by Crippen LogP contribution is -2.47. The summed E-state index contributed by atoms with van der Waals surface area (Å²) in [5.74, 6) is 2.03. The zero-order valence-corrected chi connectivity index (χ0v) is 12.3. The topological polar surface area (TPSA) is 58.0 Å². The Balaban J connectivity index is 1.56. The molecule has 0 amide bonds. The first-order valence-electron chi connectivity index (χ1n) is 6.37. The van der Waals surface area contributed by atoms with Crippen LogP contribution in [0.3, 0.4) is 0 Å². The Morgan fingerprint density at radius 3 is 2.70 bits per heavy atom. The molecule has 0 unspecified atom stereocenters. The smallest absolute Gasteiger partial charge is 0.162 e. The monoisotopic (exact) mass is 304 g/mol. The van der Waals surface area contributed by atoms with Crippen molar-refractivity contribution in [2.24, 2.45) is 0 Å². The number of rotatable bonds is 2. The highest BCUT2D eigenvalue weighted by Crippen LogP contribution is 2.27. The lowest BCUT2D eigenvalue weighted by atomic mass is 10.3. The van der Waals surface area contributed by atoms with Gasteiger partial charge in [-0.25, -0.2) is 9.97 Å². The lowest BCUT2D eigenvalue weighted by molar-refractivity contribution is 0.645. The van der Waals surface area contributed by atoms with Crippen molar-refractivity contribution in [3.63, 3.8) is 0 Å². The van der Waals surface area contributed by atoms with Gasteiger partial charge in [0, 0.05) is 26.2 Å².